The Morgan fingerprint density at radius 2 is 1.29 bits per heavy atom. The molecule has 0 aliphatic heterocycles. The number of ketones is 1. The average molecular weight is 475 g/mol. The molecule has 0 aliphatic carbocycles. The van der Waals surface area contributed by atoms with Crippen molar-refractivity contribution in [2.45, 2.75) is 4.90 Å². The van der Waals surface area contributed by atoms with Gasteiger partial charge in [-0.15, -0.1) is 0 Å². The molecule has 0 unspecified atom stereocenters. The second-order valence-electron chi connectivity index (χ2n) is 7.34. The molecule has 6 nitrogen and oxygen atoms in total. The third kappa shape index (κ3) is 5.19. The Kier molecular flexibility index (Phi) is 6.51. The van der Waals surface area contributed by atoms with Crippen LogP contribution in [0, 0.1) is 5.82 Å². The highest BCUT2D eigenvalue weighted by atomic mass is 32.2. The van der Waals surface area contributed by atoms with Crippen molar-refractivity contribution in [1.82, 2.24) is 0 Å². The molecule has 170 valence electrons. The number of para-hydroxylation sites is 1. The predicted molar refractivity (Wildman–Crippen MR) is 128 cm³/mol. The van der Waals surface area contributed by atoms with Crippen LogP contribution in [0.3, 0.4) is 0 Å². The molecule has 34 heavy (non-hydrogen) atoms. The molecule has 0 fully saturated rings. The number of hydrogen-bond acceptors (Lipinski definition) is 4. The summed E-state index contributed by atoms with van der Waals surface area (Å²) >= 11 is 0. The van der Waals surface area contributed by atoms with Crippen molar-refractivity contribution in [3.8, 4) is 0 Å². The van der Waals surface area contributed by atoms with E-state index in [2.05, 4.69) is 10.0 Å². The molecule has 4 aromatic carbocycles. The Hall–Kier alpha value is -4.30. The third-order valence-electron chi connectivity index (χ3n) is 4.97. The van der Waals surface area contributed by atoms with Crippen molar-refractivity contribution in [3.05, 3.63) is 126 Å². The first-order chi connectivity index (χ1) is 16.3. The molecule has 0 aliphatic rings. The number of benzene rings is 4. The molecule has 0 heterocycles. The van der Waals surface area contributed by atoms with Gasteiger partial charge in [-0.25, -0.2) is 12.8 Å². The highest BCUT2D eigenvalue weighted by Crippen LogP contribution is 2.21. The second kappa shape index (κ2) is 9.68. The fourth-order valence-electron chi connectivity index (χ4n) is 3.22. The number of anilines is 2. The van der Waals surface area contributed by atoms with E-state index in [0.29, 0.717) is 16.7 Å². The quantitative estimate of drug-likeness (QED) is 0.364. The first kappa shape index (κ1) is 22.9. The van der Waals surface area contributed by atoms with Crippen molar-refractivity contribution in [2.75, 3.05) is 10.0 Å². The van der Waals surface area contributed by atoms with Gasteiger partial charge in [-0.05, 0) is 42.5 Å². The van der Waals surface area contributed by atoms with Crippen molar-refractivity contribution in [3.63, 3.8) is 0 Å². The minimum Gasteiger partial charge on any atom is -0.322 e. The largest absolute Gasteiger partial charge is 0.322 e. The Morgan fingerprint density at radius 1 is 0.676 bits per heavy atom. The zero-order valence-electron chi connectivity index (χ0n) is 17.7. The molecule has 4 aromatic rings. The number of carbonyl (C=O) groups is 2. The molecule has 0 saturated carbocycles. The van der Waals surface area contributed by atoms with Gasteiger partial charge in [0.15, 0.2) is 5.78 Å². The van der Waals surface area contributed by atoms with Gasteiger partial charge in [-0.3, -0.25) is 14.3 Å². The van der Waals surface area contributed by atoms with Crippen LogP contribution in [-0.4, -0.2) is 20.1 Å². The highest BCUT2D eigenvalue weighted by Gasteiger charge is 2.17. The van der Waals surface area contributed by atoms with Crippen molar-refractivity contribution >= 4 is 33.1 Å². The Bertz CT molecular complexity index is 1450. The van der Waals surface area contributed by atoms with E-state index in [9.17, 15) is 22.4 Å². The summed E-state index contributed by atoms with van der Waals surface area (Å²) < 4.78 is 41.4. The van der Waals surface area contributed by atoms with Gasteiger partial charge < -0.3 is 5.32 Å². The number of nitrogens with one attached hydrogen (secondary N) is 2. The lowest BCUT2D eigenvalue weighted by atomic mass is 10.0. The first-order valence-electron chi connectivity index (χ1n) is 10.2. The second-order valence-corrected chi connectivity index (χ2v) is 9.02. The van der Waals surface area contributed by atoms with Crippen LogP contribution >= 0.6 is 0 Å². The van der Waals surface area contributed by atoms with E-state index < -0.39 is 21.7 Å². The molecule has 4 rings (SSSR count). The van der Waals surface area contributed by atoms with Gasteiger partial charge in [-0.1, -0.05) is 60.7 Å². The van der Waals surface area contributed by atoms with Gasteiger partial charge in [-0.2, -0.15) is 0 Å². The zero-order chi connectivity index (χ0) is 24.1. The summed E-state index contributed by atoms with van der Waals surface area (Å²) in [5.74, 6) is -1.34. The number of rotatable bonds is 7. The third-order valence-corrected chi connectivity index (χ3v) is 6.33. The van der Waals surface area contributed by atoms with Gasteiger partial charge in [0.25, 0.3) is 15.9 Å². The number of amides is 1. The summed E-state index contributed by atoms with van der Waals surface area (Å²) in [6, 6.07) is 26.0. The summed E-state index contributed by atoms with van der Waals surface area (Å²) in [5.41, 5.74) is 1.34. The maximum Gasteiger partial charge on any atom is 0.262 e. The number of carbonyl (C=O) groups excluding carboxylic acids is 2. The van der Waals surface area contributed by atoms with Crippen LogP contribution in [0.1, 0.15) is 26.3 Å². The standard InChI is InChI=1S/C26H19FN2O4S/c27-23-11-4-5-12-24(23)29-34(32,33)22-10-6-9-21(17-22)28-26(31)20-15-13-19(14-16-20)25(30)18-7-2-1-3-8-18/h1-17,29H,(H,28,31). The minimum absolute atomic E-state index is 0.141. The predicted octanol–water partition coefficient (Wildman–Crippen LogP) is 5.11. The monoisotopic (exact) mass is 474 g/mol. The van der Waals surface area contributed by atoms with Gasteiger partial charge in [0.2, 0.25) is 0 Å². The van der Waals surface area contributed by atoms with Crippen LogP contribution in [0.5, 0.6) is 0 Å². The summed E-state index contributed by atoms with van der Waals surface area (Å²) in [7, 11) is -4.08. The molecule has 1 amide bonds. The molecule has 8 heteroatoms. The molecule has 0 radical (unpaired) electrons. The lowest BCUT2D eigenvalue weighted by Gasteiger charge is -2.11. The first-order valence-corrected chi connectivity index (χ1v) is 11.7. The summed E-state index contributed by atoms with van der Waals surface area (Å²) in [6.07, 6.45) is 0. The maximum atomic E-state index is 13.8. The molecular formula is C26H19FN2O4S. The fraction of sp³-hybridized carbons (Fsp3) is 0. The summed E-state index contributed by atoms with van der Waals surface area (Å²) in [6.45, 7) is 0. The lowest BCUT2D eigenvalue weighted by molar-refractivity contribution is 0.102. The van der Waals surface area contributed by atoms with Gasteiger partial charge in [0.05, 0.1) is 10.6 Å². The van der Waals surface area contributed by atoms with Crippen molar-refractivity contribution in [2.24, 2.45) is 0 Å². The summed E-state index contributed by atoms with van der Waals surface area (Å²) in [5, 5.41) is 2.64. The fourth-order valence-corrected chi connectivity index (χ4v) is 4.33. The minimum atomic E-state index is -4.08. The van der Waals surface area contributed by atoms with Crippen LogP contribution < -0.4 is 10.0 Å². The van der Waals surface area contributed by atoms with E-state index in [4.69, 9.17) is 0 Å². The topological polar surface area (TPSA) is 92.3 Å². The van der Waals surface area contributed by atoms with E-state index in [0.717, 1.165) is 6.07 Å². The number of halogens is 1. The molecule has 0 spiro atoms. The number of sulfonamides is 1. The van der Waals surface area contributed by atoms with Crippen LogP contribution in [-0.2, 0) is 10.0 Å². The van der Waals surface area contributed by atoms with Crippen LogP contribution in [0.25, 0.3) is 0 Å². The molecular weight excluding hydrogens is 455 g/mol. The Morgan fingerprint density at radius 3 is 2.00 bits per heavy atom. The Balaban J connectivity index is 1.48. The van der Waals surface area contributed by atoms with Gasteiger partial charge in [0, 0.05) is 22.4 Å². The van der Waals surface area contributed by atoms with Crippen LogP contribution in [0.4, 0.5) is 15.8 Å². The van der Waals surface area contributed by atoms with Gasteiger partial charge >= 0.3 is 0 Å². The van der Waals surface area contributed by atoms with Gasteiger partial charge in [0.1, 0.15) is 5.82 Å². The summed E-state index contributed by atoms with van der Waals surface area (Å²) in [4.78, 5) is 25.0. The van der Waals surface area contributed by atoms with Crippen molar-refractivity contribution < 1.29 is 22.4 Å². The van der Waals surface area contributed by atoms with E-state index in [-0.39, 0.29) is 22.1 Å². The van der Waals surface area contributed by atoms with Crippen LogP contribution in [0.15, 0.2) is 108 Å². The normalized spacial score (nSPS) is 11.0. The molecule has 0 bridgehead atoms. The van der Waals surface area contributed by atoms with Crippen molar-refractivity contribution in [1.29, 1.82) is 0 Å². The zero-order valence-corrected chi connectivity index (χ0v) is 18.6. The smallest absolute Gasteiger partial charge is 0.262 e. The molecule has 0 aromatic heterocycles. The molecule has 0 saturated heterocycles. The maximum absolute atomic E-state index is 13.8. The SMILES string of the molecule is O=C(Nc1cccc(S(=O)(=O)Nc2ccccc2F)c1)c1ccc(C(=O)c2ccccc2)cc1. The molecule has 0 atom stereocenters. The van der Waals surface area contributed by atoms with E-state index >= 15 is 0 Å². The highest BCUT2D eigenvalue weighted by molar-refractivity contribution is 7.92. The van der Waals surface area contributed by atoms with E-state index in [1.54, 1.807) is 36.4 Å². The molecule has 2 N–H and O–H groups in total. The lowest BCUT2D eigenvalue weighted by Crippen LogP contribution is -2.15. The average Bonchev–Trinajstić information content (AvgIpc) is 2.86. The number of hydrogen-bond donors (Lipinski definition) is 2. The Labute approximate surface area is 196 Å². The van der Waals surface area contributed by atoms with E-state index in [1.165, 1.54) is 54.6 Å². The van der Waals surface area contributed by atoms with E-state index in [1.807, 2.05) is 6.07 Å². The van der Waals surface area contributed by atoms with Crippen LogP contribution in [0.2, 0.25) is 0 Å².